The van der Waals surface area contributed by atoms with Crippen LogP contribution in [0.4, 0.5) is 4.79 Å². The van der Waals surface area contributed by atoms with E-state index in [1.54, 1.807) is 18.7 Å². The monoisotopic (exact) mass is 363 g/mol. The molecule has 1 aliphatic heterocycles. The molecule has 2 rings (SSSR count). The SMILES string of the molecule is CCOC(=O)C1=C(CN(C)CCSC)NC(=O)N[C@@H]1c1ccccc1. The number of rotatable bonds is 8. The zero-order valence-electron chi connectivity index (χ0n) is 14.9. The molecule has 7 heteroatoms. The van der Waals surface area contributed by atoms with E-state index in [4.69, 9.17) is 4.74 Å². The Morgan fingerprint density at radius 2 is 2.04 bits per heavy atom. The lowest BCUT2D eigenvalue weighted by molar-refractivity contribution is -0.139. The van der Waals surface area contributed by atoms with Gasteiger partial charge in [-0.2, -0.15) is 11.8 Å². The Hall–Kier alpha value is -1.99. The van der Waals surface area contributed by atoms with Crippen molar-refractivity contribution in [2.75, 3.05) is 38.8 Å². The molecule has 0 aromatic heterocycles. The van der Waals surface area contributed by atoms with Gasteiger partial charge in [0.05, 0.1) is 18.2 Å². The van der Waals surface area contributed by atoms with Crippen LogP contribution in [0, 0.1) is 0 Å². The third-order valence-electron chi connectivity index (χ3n) is 3.89. The van der Waals surface area contributed by atoms with Crippen molar-refractivity contribution in [1.82, 2.24) is 15.5 Å². The molecular formula is C18H25N3O3S. The number of ether oxygens (including phenoxy) is 1. The molecule has 0 radical (unpaired) electrons. The van der Waals surface area contributed by atoms with Gasteiger partial charge in [0.15, 0.2) is 0 Å². The third kappa shape index (κ3) is 5.24. The van der Waals surface area contributed by atoms with Crippen molar-refractivity contribution in [2.24, 2.45) is 0 Å². The van der Waals surface area contributed by atoms with Gasteiger partial charge in [-0.25, -0.2) is 9.59 Å². The highest BCUT2D eigenvalue weighted by Gasteiger charge is 2.33. The first-order chi connectivity index (χ1) is 12.1. The van der Waals surface area contributed by atoms with E-state index in [1.807, 2.05) is 37.4 Å². The number of likely N-dealkylation sites (N-methyl/N-ethyl adjacent to an activating group) is 1. The maximum absolute atomic E-state index is 12.6. The van der Waals surface area contributed by atoms with Gasteiger partial charge < -0.3 is 15.4 Å². The van der Waals surface area contributed by atoms with Crippen molar-refractivity contribution in [3.8, 4) is 0 Å². The summed E-state index contributed by atoms with van der Waals surface area (Å²) in [5, 5.41) is 5.63. The fraction of sp³-hybridized carbons (Fsp3) is 0.444. The zero-order valence-corrected chi connectivity index (χ0v) is 15.7. The van der Waals surface area contributed by atoms with Crippen LogP contribution in [-0.2, 0) is 9.53 Å². The van der Waals surface area contributed by atoms with E-state index >= 15 is 0 Å². The first-order valence-electron chi connectivity index (χ1n) is 8.27. The van der Waals surface area contributed by atoms with E-state index in [2.05, 4.69) is 21.8 Å². The number of nitrogens with zero attached hydrogens (tertiary/aromatic N) is 1. The summed E-state index contributed by atoms with van der Waals surface area (Å²) >= 11 is 1.76. The second-order valence-corrected chi connectivity index (χ2v) is 6.77. The Kier molecular flexibility index (Phi) is 7.33. The lowest BCUT2D eigenvalue weighted by Crippen LogP contribution is -2.48. The van der Waals surface area contributed by atoms with Crippen LogP contribution in [0.1, 0.15) is 18.5 Å². The number of esters is 1. The molecule has 2 N–H and O–H groups in total. The Morgan fingerprint density at radius 3 is 2.68 bits per heavy atom. The number of hydrogen-bond acceptors (Lipinski definition) is 5. The minimum Gasteiger partial charge on any atom is -0.463 e. The highest BCUT2D eigenvalue weighted by Crippen LogP contribution is 2.27. The predicted octanol–water partition coefficient (Wildman–Crippen LogP) is 2.15. The molecule has 136 valence electrons. The fourth-order valence-corrected chi connectivity index (χ4v) is 3.18. The molecule has 25 heavy (non-hydrogen) atoms. The molecule has 1 aromatic carbocycles. The minimum atomic E-state index is -0.516. The van der Waals surface area contributed by atoms with Crippen molar-refractivity contribution in [3.05, 3.63) is 47.2 Å². The average molecular weight is 363 g/mol. The molecule has 0 aliphatic carbocycles. The Balaban J connectivity index is 2.38. The number of benzene rings is 1. The molecule has 6 nitrogen and oxygen atoms in total. The third-order valence-corrected chi connectivity index (χ3v) is 4.48. The number of urea groups is 1. The highest BCUT2D eigenvalue weighted by atomic mass is 32.2. The summed E-state index contributed by atoms with van der Waals surface area (Å²) in [5.41, 5.74) is 1.91. The zero-order chi connectivity index (χ0) is 18.2. The molecular weight excluding hydrogens is 338 g/mol. The summed E-state index contributed by atoms with van der Waals surface area (Å²) in [6.07, 6.45) is 2.05. The van der Waals surface area contributed by atoms with Crippen molar-refractivity contribution >= 4 is 23.8 Å². The van der Waals surface area contributed by atoms with E-state index in [-0.39, 0.29) is 12.6 Å². The Labute approximate surface area is 153 Å². The number of carbonyl (C=O) groups excluding carboxylic acids is 2. The lowest BCUT2D eigenvalue weighted by atomic mass is 9.95. The second kappa shape index (κ2) is 9.48. The summed E-state index contributed by atoms with van der Waals surface area (Å²) in [6, 6.07) is 8.63. The van der Waals surface area contributed by atoms with Crippen LogP contribution >= 0.6 is 11.8 Å². The summed E-state index contributed by atoms with van der Waals surface area (Å²) in [7, 11) is 1.97. The fourth-order valence-electron chi connectivity index (χ4n) is 2.68. The van der Waals surface area contributed by atoms with Crippen LogP contribution in [0.25, 0.3) is 0 Å². The van der Waals surface area contributed by atoms with Crippen LogP contribution in [0.15, 0.2) is 41.6 Å². The molecule has 0 spiro atoms. The number of hydrogen-bond donors (Lipinski definition) is 2. The van der Waals surface area contributed by atoms with Gasteiger partial charge in [-0.1, -0.05) is 30.3 Å². The van der Waals surface area contributed by atoms with Crippen LogP contribution in [0.5, 0.6) is 0 Å². The molecule has 0 unspecified atom stereocenters. The minimum absolute atomic E-state index is 0.285. The predicted molar refractivity (Wildman–Crippen MR) is 100 cm³/mol. The summed E-state index contributed by atoms with van der Waals surface area (Å²) in [4.78, 5) is 26.8. The summed E-state index contributed by atoms with van der Waals surface area (Å²) < 4.78 is 5.25. The van der Waals surface area contributed by atoms with E-state index in [0.717, 1.165) is 17.9 Å². The quantitative estimate of drug-likeness (QED) is 0.693. The molecule has 0 saturated heterocycles. The molecule has 0 fully saturated rings. The van der Waals surface area contributed by atoms with E-state index < -0.39 is 12.0 Å². The van der Waals surface area contributed by atoms with Gasteiger partial charge in [-0.3, -0.25) is 4.90 Å². The van der Waals surface area contributed by atoms with Gasteiger partial charge in [0, 0.05) is 24.5 Å². The maximum Gasteiger partial charge on any atom is 0.338 e. The molecule has 1 aliphatic rings. The number of thioether (sulfide) groups is 1. The molecule has 0 bridgehead atoms. The molecule has 0 saturated carbocycles. The number of carbonyl (C=O) groups is 2. The largest absolute Gasteiger partial charge is 0.463 e. The Bertz CT molecular complexity index is 634. The van der Waals surface area contributed by atoms with Crippen LogP contribution in [0.3, 0.4) is 0 Å². The van der Waals surface area contributed by atoms with Crippen molar-refractivity contribution in [3.63, 3.8) is 0 Å². The van der Waals surface area contributed by atoms with Crippen LogP contribution in [0.2, 0.25) is 0 Å². The topological polar surface area (TPSA) is 70.7 Å². The smallest absolute Gasteiger partial charge is 0.338 e. The standard InChI is InChI=1S/C18H25N3O3S/c1-4-24-17(22)15-14(12-21(2)10-11-25-3)19-18(23)20-16(15)13-8-6-5-7-9-13/h5-9,16H,4,10-12H2,1-3H3,(H2,19,20,23)/t16-/m1/s1. The Morgan fingerprint density at radius 1 is 1.32 bits per heavy atom. The van der Waals surface area contributed by atoms with Gasteiger partial charge >= 0.3 is 12.0 Å². The van der Waals surface area contributed by atoms with Crippen LogP contribution in [-0.4, -0.2) is 55.7 Å². The highest BCUT2D eigenvalue weighted by molar-refractivity contribution is 7.98. The van der Waals surface area contributed by atoms with Crippen molar-refractivity contribution < 1.29 is 14.3 Å². The summed E-state index contributed by atoms with van der Waals surface area (Å²) in [5.74, 6) is 0.574. The van der Waals surface area contributed by atoms with Gasteiger partial charge in [-0.15, -0.1) is 0 Å². The van der Waals surface area contributed by atoms with Gasteiger partial charge in [0.2, 0.25) is 0 Å². The first-order valence-corrected chi connectivity index (χ1v) is 9.66. The molecule has 1 heterocycles. The van der Waals surface area contributed by atoms with Crippen LogP contribution < -0.4 is 10.6 Å². The van der Waals surface area contributed by atoms with Crippen molar-refractivity contribution in [1.29, 1.82) is 0 Å². The summed E-state index contributed by atoms with van der Waals surface area (Å²) in [6.45, 7) is 3.40. The number of amides is 2. The van der Waals surface area contributed by atoms with E-state index in [9.17, 15) is 9.59 Å². The van der Waals surface area contributed by atoms with E-state index in [0.29, 0.717) is 17.8 Å². The lowest BCUT2D eigenvalue weighted by Gasteiger charge is -2.31. The second-order valence-electron chi connectivity index (χ2n) is 5.79. The van der Waals surface area contributed by atoms with Crippen molar-refractivity contribution in [2.45, 2.75) is 13.0 Å². The molecule has 1 aromatic rings. The van der Waals surface area contributed by atoms with E-state index in [1.165, 1.54) is 0 Å². The maximum atomic E-state index is 12.6. The van der Waals surface area contributed by atoms with Gasteiger partial charge in [-0.05, 0) is 25.8 Å². The molecule has 1 atom stereocenters. The normalized spacial score (nSPS) is 17.3. The van der Waals surface area contributed by atoms with Gasteiger partial charge in [0.1, 0.15) is 0 Å². The number of nitrogens with one attached hydrogen (secondary N) is 2. The first kappa shape index (κ1) is 19.3. The average Bonchev–Trinajstić information content (AvgIpc) is 2.60. The van der Waals surface area contributed by atoms with Gasteiger partial charge in [0.25, 0.3) is 0 Å². The molecule has 2 amide bonds.